The molecule has 1 aliphatic carbocycles. The van der Waals surface area contributed by atoms with E-state index >= 15 is 4.39 Å². The third-order valence-corrected chi connectivity index (χ3v) is 7.71. The van der Waals surface area contributed by atoms with Gasteiger partial charge in [0.25, 0.3) is 10.0 Å². The third-order valence-electron chi connectivity index (χ3n) is 6.36. The van der Waals surface area contributed by atoms with Crippen LogP contribution < -0.4 is 14.8 Å². The Kier molecular flexibility index (Phi) is 6.85. The zero-order valence-corrected chi connectivity index (χ0v) is 21.2. The molecule has 196 valence electrons. The molecule has 0 spiro atoms. The maximum absolute atomic E-state index is 15.5. The van der Waals surface area contributed by atoms with E-state index in [1.54, 1.807) is 15.6 Å². The molecule has 3 aromatic carbocycles. The molecule has 38 heavy (non-hydrogen) atoms. The molecular formula is C27H24F2N4O4S. The largest absolute Gasteiger partial charge is 0.495 e. The molecule has 2 amide bonds. The van der Waals surface area contributed by atoms with Gasteiger partial charge in [0.05, 0.1) is 31.2 Å². The summed E-state index contributed by atoms with van der Waals surface area (Å²) in [5.74, 6) is -1.57. The molecule has 1 aromatic heterocycles. The fourth-order valence-corrected chi connectivity index (χ4v) is 5.68. The number of urea groups is 1. The smallest absolute Gasteiger partial charge is 0.329 e. The Morgan fingerprint density at radius 1 is 1.08 bits per heavy atom. The highest BCUT2D eigenvalue weighted by Crippen LogP contribution is 2.35. The van der Waals surface area contributed by atoms with Crippen molar-refractivity contribution < 1.29 is 26.7 Å². The van der Waals surface area contributed by atoms with E-state index in [0.717, 1.165) is 46.6 Å². The van der Waals surface area contributed by atoms with Gasteiger partial charge >= 0.3 is 6.03 Å². The number of sulfonamides is 1. The van der Waals surface area contributed by atoms with E-state index in [1.807, 2.05) is 42.5 Å². The van der Waals surface area contributed by atoms with Crippen LogP contribution in [0.3, 0.4) is 0 Å². The van der Waals surface area contributed by atoms with E-state index in [-0.39, 0.29) is 5.75 Å². The standard InChI is InChI=1S/C27H24F2N4O4S/c1-37-24-12-10-20(28)14-25(24)38(35,36)32-27(34)30-16-23(29)22-8-4-7-19-15-31-33(26(19)22)21-11-9-17-5-2-3-6-18(17)13-21/h2-3,5-6,9-15H,4,7-8,16H2,1H3,(H2,30,32,34)/b23-22+. The number of aromatic nitrogens is 2. The Morgan fingerprint density at radius 3 is 2.66 bits per heavy atom. The van der Waals surface area contributed by atoms with Crippen LogP contribution in [0.1, 0.15) is 24.1 Å². The van der Waals surface area contributed by atoms with Gasteiger partial charge in [-0.05, 0) is 65.9 Å². The molecule has 0 bridgehead atoms. The van der Waals surface area contributed by atoms with Crippen LogP contribution in [0.2, 0.25) is 0 Å². The number of hydrogen-bond acceptors (Lipinski definition) is 5. The van der Waals surface area contributed by atoms with E-state index in [9.17, 15) is 17.6 Å². The van der Waals surface area contributed by atoms with Crippen LogP contribution in [0.15, 0.2) is 77.6 Å². The lowest BCUT2D eigenvalue weighted by Crippen LogP contribution is -2.40. The van der Waals surface area contributed by atoms with Gasteiger partial charge in [0.15, 0.2) is 0 Å². The summed E-state index contributed by atoms with van der Waals surface area (Å²) in [4.78, 5) is 11.8. The van der Waals surface area contributed by atoms with Crippen LogP contribution in [0.4, 0.5) is 13.6 Å². The normalized spacial score (nSPS) is 14.6. The number of aryl methyl sites for hydroxylation is 1. The summed E-state index contributed by atoms with van der Waals surface area (Å²) in [6, 6.07) is 15.5. The summed E-state index contributed by atoms with van der Waals surface area (Å²) < 4.78 is 62.7. The second-order valence-corrected chi connectivity index (χ2v) is 10.4. The number of halogens is 2. The average Bonchev–Trinajstić information content (AvgIpc) is 3.35. The highest BCUT2D eigenvalue weighted by molar-refractivity contribution is 7.90. The Bertz CT molecular complexity index is 1680. The predicted molar refractivity (Wildman–Crippen MR) is 139 cm³/mol. The molecule has 1 aliphatic rings. The van der Waals surface area contributed by atoms with Crippen LogP contribution in [0.25, 0.3) is 22.0 Å². The van der Waals surface area contributed by atoms with E-state index in [2.05, 4.69) is 10.4 Å². The van der Waals surface area contributed by atoms with Crippen molar-refractivity contribution in [3.8, 4) is 11.4 Å². The lowest BCUT2D eigenvalue weighted by molar-refractivity contribution is 0.246. The number of amides is 2. The first-order valence-electron chi connectivity index (χ1n) is 11.8. The molecule has 0 atom stereocenters. The molecule has 0 aliphatic heterocycles. The number of nitrogens with zero attached hydrogens (tertiary/aromatic N) is 2. The zero-order chi connectivity index (χ0) is 26.9. The minimum atomic E-state index is -4.48. The van der Waals surface area contributed by atoms with Gasteiger partial charge in [0.1, 0.15) is 22.3 Å². The number of methoxy groups -OCH3 is 1. The summed E-state index contributed by atoms with van der Waals surface area (Å²) in [7, 11) is -3.26. The molecule has 11 heteroatoms. The van der Waals surface area contributed by atoms with Crippen molar-refractivity contribution >= 4 is 32.4 Å². The number of fused-ring (bicyclic) bond motifs is 2. The molecule has 2 N–H and O–H groups in total. The van der Waals surface area contributed by atoms with E-state index in [1.165, 1.54) is 7.11 Å². The topological polar surface area (TPSA) is 102 Å². The second-order valence-electron chi connectivity index (χ2n) is 8.78. The number of nitrogens with one attached hydrogen (secondary N) is 2. The van der Waals surface area contributed by atoms with Crippen molar-refractivity contribution in [2.75, 3.05) is 13.7 Å². The average molecular weight is 539 g/mol. The van der Waals surface area contributed by atoms with Crippen LogP contribution in [-0.2, 0) is 16.4 Å². The number of rotatable bonds is 6. The zero-order valence-electron chi connectivity index (χ0n) is 20.4. The molecule has 0 saturated heterocycles. The first-order valence-corrected chi connectivity index (χ1v) is 13.3. The monoisotopic (exact) mass is 538 g/mol. The third kappa shape index (κ3) is 4.97. The molecular weight excluding hydrogens is 514 g/mol. The lowest BCUT2D eigenvalue weighted by atomic mass is 9.92. The maximum atomic E-state index is 15.5. The lowest BCUT2D eigenvalue weighted by Gasteiger charge is -2.19. The predicted octanol–water partition coefficient (Wildman–Crippen LogP) is 4.88. The summed E-state index contributed by atoms with van der Waals surface area (Å²) in [5, 5.41) is 8.83. The first-order chi connectivity index (χ1) is 18.3. The Hall–Kier alpha value is -4.25. The summed E-state index contributed by atoms with van der Waals surface area (Å²) in [5.41, 5.74) is 2.69. The minimum Gasteiger partial charge on any atom is -0.495 e. The molecule has 8 nitrogen and oxygen atoms in total. The van der Waals surface area contributed by atoms with Crippen molar-refractivity contribution in [2.24, 2.45) is 0 Å². The van der Waals surface area contributed by atoms with Gasteiger partial charge < -0.3 is 10.1 Å². The minimum absolute atomic E-state index is 0.142. The second kappa shape index (κ2) is 10.3. The summed E-state index contributed by atoms with van der Waals surface area (Å²) in [6.07, 6.45) is 3.59. The van der Waals surface area contributed by atoms with Crippen molar-refractivity contribution in [2.45, 2.75) is 24.2 Å². The molecule has 0 fully saturated rings. The highest BCUT2D eigenvalue weighted by atomic mass is 32.2. The van der Waals surface area contributed by atoms with Crippen LogP contribution in [-0.4, -0.2) is 37.9 Å². The Labute approximate surface area is 218 Å². The molecule has 0 saturated carbocycles. The molecule has 0 radical (unpaired) electrons. The van der Waals surface area contributed by atoms with Gasteiger partial charge in [0, 0.05) is 5.57 Å². The van der Waals surface area contributed by atoms with Crippen LogP contribution in [0, 0.1) is 5.82 Å². The highest BCUT2D eigenvalue weighted by Gasteiger charge is 2.26. The number of carbonyl (C=O) groups is 1. The molecule has 4 aromatic rings. The molecule has 5 rings (SSSR count). The van der Waals surface area contributed by atoms with Crippen molar-refractivity contribution in [3.63, 3.8) is 0 Å². The Morgan fingerprint density at radius 2 is 1.87 bits per heavy atom. The van der Waals surface area contributed by atoms with Crippen molar-refractivity contribution in [1.29, 1.82) is 0 Å². The first kappa shape index (κ1) is 25.4. The van der Waals surface area contributed by atoms with Gasteiger partial charge in [-0.1, -0.05) is 30.3 Å². The van der Waals surface area contributed by atoms with Gasteiger partial charge in [-0.15, -0.1) is 0 Å². The number of allylic oxidation sites excluding steroid dienone is 1. The van der Waals surface area contributed by atoms with Crippen molar-refractivity contribution in [1.82, 2.24) is 19.8 Å². The number of hydrogen-bond donors (Lipinski definition) is 2. The fraction of sp³-hybridized carbons (Fsp3) is 0.185. The molecule has 1 heterocycles. The summed E-state index contributed by atoms with van der Waals surface area (Å²) >= 11 is 0. The number of carbonyl (C=O) groups excluding carboxylic acids is 1. The van der Waals surface area contributed by atoms with Gasteiger partial charge in [-0.3, -0.25) is 0 Å². The van der Waals surface area contributed by atoms with E-state index < -0.39 is 39.1 Å². The van der Waals surface area contributed by atoms with Gasteiger partial charge in [-0.25, -0.2) is 31.4 Å². The maximum Gasteiger partial charge on any atom is 0.329 e. The van der Waals surface area contributed by atoms with Gasteiger partial charge in [-0.2, -0.15) is 5.10 Å². The number of ether oxygens (including phenoxy) is 1. The molecule has 0 unspecified atom stereocenters. The Balaban J connectivity index is 1.37. The van der Waals surface area contributed by atoms with Crippen molar-refractivity contribution in [3.05, 3.63) is 89.8 Å². The summed E-state index contributed by atoms with van der Waals surface area (Å²) in [6.45, 7) is -0.542. The fourth-order valence-electron chi connectivity index (χ4n) is 4.57. The van der Waals surface area contributed by atoms with Crippen LogP contribution >= 0.6 is 0 Å². The quantitative estimate of drug-likeness (QED) is 0.364. The van der Waals surface area contributed by atoms with Crippen LogP contribution in [0.5, 0.6) is 5.75 Å². The number of benzene rings is 3. The van der Waals surface area contributed by atoms with E-state index in [4.69, 9.17) is 4.74 Å². The SMILES string of the molecule is COc1ccc(F)cc1S(=O)(=O)NC(=O)NC/C(F)=C1/CCCc2cnn(-c3ccc4ccccc4c3)c21. The van der Waals surface area contributed by atoms with E-state index in [0.29, 0.717) is 24.1 Å². The van der Waals surface area contributed by atoms with Gasteiger partial charge in [0.2, 0.25) is 0 Å².